The Hall–Kier alpha value is -1.84. The average molecular weight is 357 g/mol. The molecule has 4 heteroatoms. The van der Waals surface area contributed by atoms with E-state index in [4.69, 9.17) is 0 Å². The van der Waals surface area contributed by atoms with E-state index in [0.717, 1.165) is 74.6 Å². The van der Waals surface area contributed by atoms with Crippen LogP contribution in [0.3, 0.4) is 0 Å². The standard InChI is InChI=1S/C22H32N2O2/c1-15-3-7-17(8-4-15)21(25)23-19-11-13-20(14-12-19)24-22(26)18-9-5-16(2)6-10-18/h11-18H,3-10H2,1-2H3,(H,23,25)(H,24,26). The molecule has 4 nitrogen and oxygen atoms in total. The van der Waals surface area contributed by atoms with Crippen LogP contribution in [0.15, 0.2) is 24.3 Å². The molecular formula is C22H32N2O2. The summed E-state index contributed by atoms with van der Waals surface area (Å²) in [4.78, 5) is 24.8. The van der Waals surface area contributed by atoms with Gasteiger partial charge in [0.2, 0.25) is 11.8 Å². The summed E-state index contributed by atoms with van der Waals surface area (Å²) in [6, 6.07) is 7.51. The molecule has 0 unspecified atom stereocenters. The lowest BCUT2D eigenvalue weighted by Gasteiger charge is -2.25. The Morgan fingerprint density at radius 2 is 0.962 bits per heavy atom. The smallest absolute Gasteiger partial charge is 0.227 e. The molecule has 2 saturated carbocycles. The Labute approximate surface area is 157 Å². The van der Waals surface area contributed by atoms with Gasteiger partial charge in [-0.3, -0.25) is 9.59 Å². The molecule has 2 amide bonds. The van der Waals surface area contributed by atoms with E-state index < -0.39 is 0 Å². The zero-order chi connectivity index (χ0) is 18.5. The van der Waals surface area contributed by atoms with Crippen LogP contribution < -0.4 is 10.6 Å². The molecule has 0 heterocycles. The Kier molecular flexibility index (Phi) is 6.33. The number of anilines is 2. The molecule has 0 bridgehead atoms. The summed E-state index contributed by atoms with van der Waals surface area (Å²) in [5, 5.41) is 6.05. The SMILES string of the molecule is CC1CCC(C(=O)Nc2ccc(NC(=O)C3CCC(C)CC3)cc2)CC1. The maximum Gasteiger partial charge on any atom is 0.227 e. The summed E-state index contributed by atoms with van der Waals surface area (Å²) in [6.45, 7) is 4.52. The predicted octanol–water partition coefficient (Wildman–Crippen LogP) is 5.22. The minimum Gasteiger partial charge on any atom is -0.326 e. The van der Waals surface area contributed by atoms with Gasteiger partial charge in [-0.15, -0.1) is 0 Å². The van der Waals surface area contributed by atoms with Gasteiger partial charge in [-0.2, -0.15) is 0 Å². The molecule has 0 atom stereocenters. The summed E-state index contributed by atoms with van der Waals surface area (Å²) < 4.78 is 0. The fraction of sp³-hybridized carbons (Fsp3) is 0.636. The van der Waals surface area contributed by atoms with E-state index in [1.165, 1.54) is 0 Å². The van der Waals surface area contributed by atoms with Crippen molar-refractivity contribution in [1.29, 1.82) is 0 Å². The van der Waals surface area contributed by atoms with Gasteiger partial charge >= 0.3 is 0 Å². The number of hydrogen-bond acceptors (Lipinski definition) is 2. The minimum atomic E-state index is 0.130. The van der Waals surface area contributed by atoms with Gasteiger partial charge in [0.1, 0.15) is 0 Å². The van der Waals surface area contributed by atoms with Crippen molar-refractivity contribution in [1.82, 2.24) is 0 Å². The van der Waals surface area contributed by atoms with Gasteiger partial charge in [0.05, 0.1) is 0 Å². The van der Waals surface area contributed by atoms with Gasteiger partial charge in [0.15, 0.2) is 0 Å². The van der Waals surface area contributed by atoms with Crippen LogP contribution in [-0.4, -0.2) is 11.8 Å². The lowest BCUT2D eigenvalue weighted by atomic mass is 9.82. The van der Waals surface area contributed by atoms with Crippen LogP contribution >= 0.6 is 0 Å². The number of nitrogens with one attached hydrogen (secondary N) is 2. The predicted molar refractivity (Wildman–Crippen MR) is 106 cm³/mol. The highest BCUT2D eigenvalue weighted by atomic mass is 16.2. The van der Waals surface area contributed by atoms with Gasteiger partial charge in [-0.25, -0.2) is 0 Å². The van der Waals surface area contributed by atoms with Crippen LogP contribution in [0.1, 0.15) is 65.2 Å². The molecule has 142 valence electrons. The van der Waals surface area contributed by atoms with Crippen molar-refractivity contribution < 1.29 is 9.59 Å². The maximum atomic E-state index is 12.4. The Morgan fingerprint density at radius 1 is 0.654 bits per heavy atom. The van der Waals surface area contributed by atoms with Crippen LogP contribution in [0.25, 0.3) is 0 Å². The normalized spacial score (nSPS) is 29.0. The molecule has 1 aromatic carbocycles. The Morgan fingerprint density at radius 3 is 1.27 bits per heavy atom. The quantitative estimate of drug-likeness (QED) is 0.777. The lowest BCUT2D eigenvalue weighted by Crippen LogP contribution is -2.27. The topological polar surface area (TPSA) is 58.2 Å². The first-order valence-corrected chi connectivity index (χ1v) is 10.2. The highest BCUT2D eigenvalue weighted by Crippen LogP contribution is 2.30. The molecule has 1 aromatic rings. The minimum absolute atomic E-state index is 0.130. The largest absolute Gasteiger partial charge is 0.326 e. The van der Waals surface area contributed by atoms with E-state index in [9.17, 15) is 9.59 Å². The van der Waals surface area contributed by atoms with Crippen molar-refractivity contribution in [3.8, 4) is 0 Å². The average Bonchev–Trinajstić information content (AvgIpc) is 2.64. The molecular weight excluding hydrogens is 324 g/mol. The van der Waals surface area contributed by atoms with Crippen molar-refractivity contribution in [3.63, 3.8) is 0 Å². The number of carbonyl (C=O) groups excluding carboxylic acids is 2. The molecule has 2 aliphatic carbocycles. The third-order valence-electron chi connectivity index (χ3n) is 6.19. The second kappa shape index (κ2) is 8.70. The summed E-state index contributed by atoms with van der Waals surface area (Å²) in [7, 11) is 0. The first kappa shape index (κ1) is 18.9. The summed E-state index contributed by atoms with van der Waals surface area (Å²) in [6.07, 6.45) is 8.52. The summed E-state index contributed by atoms with van der Waals surface area (Å²) in [5.74, 6) is 2.03. The highest BCUT2D eigenvalue weighted by molar-refractivity contribution is 5.94. The van der Waals surface area contributed by atoms with E-state index in [0.29, 0.717) is 0 Å². The zero-order valence-electron chi connectivity index (χ0n) is 16.1. The molecule has 0 aromatic heterocycles. The molecule has 0 radical (unpaired) electrons. The summed E-state index contributed by atoms with van der Waals surface area (Å²) >= 11 is 0. The first-order valence-electron chi connectivity index (χ1n) is 10.2. The van der Waals surface area contributed by atoms with Crippen molar-refractivity contribution in [2.24, 2.45) is 23.7 Å². The van der Waals surface area contributed by atoms with E-state index in [1.807, 2.05) is 24.3 Å². The zero-order valence-corrected chi connectivity index (χ0v) is 16.1. The van der Waals surface area contributed by atoms with E-state index in [1.54, 1.807) is 0 Å². The lowest BCUT2D eigenvalue weighted by molar-refractivity contribution is -0.121. The molecule has 0 saturated heterocycles. The molecule has 0 spiro atoms. The van der Waals surface area contributed by atoms with Gasteiger partial charge < -0.3 is 10.6 Å². The fourth-order valence-electron chi connectivity index (χ4n) is 4.17. The molecule has 2 aliphatic rings. The second-order valence-corrected chi connectivity index (χ2v) is 8.47. The number of hydrogen-bond donors (Lipinski definition) is 2. The van der Waals surface area contributed by atoms with Gasteiger partial charge in [-0.05, 0) is 87.5 Å². The third kappa shape index (κ3) is 5.09. The van der Waals surface area contributed by atoms with Crippen molar-refractivity contribution >= 4 is 23.2 Å². The molecule has 2 fully saturated rings. The molecule has 26 heavy (non-hydrogen) atoms. The number of rotatable bonds is 4. The number of benzene rings is 1. The van der Waals surface area contributed by atoms with E-state index >= 15 is 0 Å². The second-order valence-electron chi connectivity index (χ2n) is 8.47. The molecule has 2 N–H and O–H groups in total. The Balaban J connectivity index is 1.48. The van der Waals surface area contributed by atoms with Crippen LogP contribution in [-0.2, 0) is 9.59 Å². The van der Waals surface area contributed by atoms with Crippen LogP contribution in [0.4, 0.5) is 11.4 Å². The van der Waals surface area contributed by atoms with Crippen molar-refractivity contribution in [3.05, 3.63) is 24.3 Å². The van der Waals surface area contributed by atoms with E-state index in [-0.39, 0.29) is 23.7 Å². The van der Waals surface area contributed by atoms with Gasteiger partial charge in [-0.1, -0.05) is 13.8 Å². The van der Waals surface area contributed by atoms with E-state index in [2.05, 4.69) is 24.5 Å². The van der Waals surface area contributed by atoms with Crippen molar-refractivity contribution in [2.45, 2.75) is 65.2 Å². The van der Waals surface area contributed by atoms with Crippen LogP contribution in [0, 0.1) is 23.7 Å². The number of amides is 2. The monoisotopic (exact) mass is 356 g/mol. The maximum absolute atomic E-state index is 12.4. The first-order chi connectivity index (χ1) is 12.5. The van der Waals surface area contributed by atoms with Crippen molar-refractivity contribution in [2.75, 3.05) is 10.6 Å². The molecule has 3 rings (SSSR count). The highest BCUT2D eigenvalue weighted by Gasteiger charge is 2.25. The van der Waals surface area contributed by atoms with Gasteiger partial charge in [0.25, 0.3) is 0 Å². The van der Waals surface area contributed by atoms with Gasteiger partial charge in [0, 0.05) is 23.2 Å². The fourth-order valence-corrected chi connectivity index (χ4v) is 4.17. The number of carbonyl (C=O) groups is 2. The van der Waals surface area contributed by atoms with Crippen LogP contribution in [0.5, 0.6) is 0 Å². The summed E-state index contributed by atoms with van der Waals surface area (Å²) in [5.41, 5.74) is 1.61. The third-order valence-corrected chi connectivity index (χ3v) is 6.19. The Bertz CT molecular complexity index is 555. The molecule has 0 aliphatic heterocycles. The van der Waals surface area contributed by atoms with Crippen LogP contribution in [0.2, 0.25) is 0 Å².